The van der Waals surface area contributed by atoms with E-state index in [1.165, 1.54) is 0 Å². The largest absolute Gasteiger partial charge is 0.369 e. The van der Waals surface area contributed by atoms with Gasteiger partial charge in [0.2, 0.25) is 11.8 Å². The van der Waals surface area contributed by atoms with Gasteiger partial charge < -0.3 is 11.1 Å². The van der Waals surface area contributed by atoms with Crippen LogP contribution in [0.25, 0.3) is 0 Å². The Bertz CT molecular complexity index is 597. The van der Waals surface area contributed by atoms with E-state index < -0.39 is 11.8 Å². The third kappa shape index (κ3) is 4.45. The molecule has 0 aliphatic carbocycles. The average Bonchev–Trinajstić information content (AvgIpc) is 2.52. The third-order valence-electron chi connectivity index (χ3n) is 3.25. The quantitative estimate of drug-likeness (QED) is 0.791. The standard InChI is InChI=1S/C17H18N2O2/c18-16(20)15(11-13-7-3-1-4-8-13)17(21)19-12-14-9-5-2-6-10-14/h1-10,15H,11-12H2,(H2,18,20)(H,19,21). The summed E-state index contributed by atoms with van der Waals surface area (Å²) in [5.41, 5.74) is 7.25. The van der Waals surface area contributed by atoms with Gasteiger partial charge in [0.25, 0.3) is 0 Å². The maximum absolute atomic E-state index is 12.2. The number of nitrogens with one attached hydrogen (secondary N) is 1. The molecule has 1 unspecified atom stereocenters. The van der Waals surface area contributed by atoms with Crippen molar-refractivity contribution in [3.63, 3.8) is 0 Å². The number of hydrogen-bond donors (Lipinski definition) is 2. The van der Waals surface area contributed by atoms with E-state index in [0.29, 0.717) is 13.0 Å². The van der Waals surface area contributed by atoms with Crippen LogP contribution in [0.3, 0.4) is 0 Å². The first-order valence-corrected chi connectivity index (χ1v) is 6.81. The molecule has 0 saturated heterocycles. The van der Waals surface area contributed by atoms with Gasteiger partial charge in [-0.2, -0.15) is 0 Å². The van der Waals surface area contributed by atoms with Crippen LogP contribution in [0.2, 0.25) is 0 Å². The Morgan fingerprint density at radius 2 is 1.43 bits per heavy atom. The van der Waals surface area contributed by atoms with Crippen molar-refractivity contribution in [2.75, 3.05) is 0 Å². The molecule has 0 bridgehead atoms. The number of carbonyl (C=O) groups is 2. The van der Waals surface area contributed by atoms with Gasteiger partial charge in [-0.3, -0.25) is 9.59 Å². The fourth-order valence-electron chi connectivity index (χ4n) is 2.08. The third-order valence-corrected chi connectivity index (χ3v) is 3.25. The number of amides is 2. The second kappa shape index (κ2) is 7.24. The monoisotopic (exact) mass is 282 g/mol. The van der Waals surface area contributed by atoms with Crippen LogP contribution >= 0.6 is 0 Å². The van der Waals surface area contributed by atoms with E-state index >= 15 is 0 Å². The molecule has 1 atom stereocenters. The molecule has 0 radical (unpaired) electrons. The molecule has 0 saturated carbocycles. The minimum absolute atomic E-state index is 0.316. The highest BCUT2D eigenvalue weighted by atomic mass is 16.2. The molecular formula is C17H18N2O2. The van der Waals surface area contributed by atoms with Crippen LogP contribution in [0, 0.1) is 5.92 Å². The Hall–Kier alpha value is -2.62. The Kier molecular flexibility index (Phi) is 5.10. The summed E-state index contributed by atoms with van der Waals surface area (Å²) < 4.78 is 0. The zero-order chi connectivity index (χ0) is 15.1. The molecule has 3 N–H and O–H groups in total. The van der Waals surface area contributed by atoms with Gasteiger partial charge in [-0.15, -0.1) is 0 Å². The summed E-state index contributed by atoms with van der Waals surface area (Å²) in [4.78, 5) is 23.7. The summed E-state index contributed by atoms with van der Waals surface area (Å²) in [6.45, 7) is 0.387. The van der Waals surface area contributed by atoms with E-state index in [1.807, 2.05) is 60.7 Å². The number of carbonyl (C=O) groups excluding carboxylic acids is 2. The number of primary amides is 1. The smallest absolute Gasteiger partial charge is 0.233 e. The van der Waals surface area contributed by atoms with Crippen molar-refractivity contribution in [2.24, 2.45) is 11.7 Å². The van der Waals surface area contributed by atoms with Gasteiger partial charge >= 0.3 is 0 Å². The van der Waals surface area contributed by atoms with E-state index in [1.54, 1.807) is 0 Å². The highest BCUT2D eigenvalue weighted by Crippen LogP contribution is 2.09. The van der Waals surface area contributed by atoms with Gasteiger partial charge in [0.1, 0.15) is 5.92 Å². The second-order valence-electron chi connectivity index (χ2n) is 4.85. The van der Waals surface area contributed by atoms with E-state index in [0.717, 1.165) is 11.1 Å². The molecule has 0 heterocycles. The van der Waals surface area contributed by atoms with Crippen molar-refractivity contribution in [2.45, 2.75) is 13.0 Å². The topological polar surface area (TPSA) is 72.2 Å². The first-order chi connectivity index (χ1) is 10.2. The van der Waals surface area contributed by atoms with Crippen molar-refractivity contribution in [3.05, 3.63) is 71.8 Å². The maximum Gasteiger partial charge on any atom is 0.233 e. The molecular weight excluding hydrogens is 264 g/mol. The van der Waals surface area contributed by atoms with Crippen LogP contribution in [-0.4, -0.2) is 11.8 Å². The first-order valence-electron chi connectivity index (χ1n) is 6.81. The lowest BCUT2D eigenvalue weighted by atomic mass is 9.98. The van der Waals surface area contributed by atoms with Crippen molar-refractivity contribution < 1.29 is 9.59 Å². The van der Waals surface area contributed by atoms with E-state index in [9.17, 15) is 9.59 Å². The molecule has 108 valence electrons. The van der Waals surface area contributed by atoms with Gasteiger partial charge in [0.15, 0.2) is 0 Å². The van der Waals surface area contributed by atoms with Crippen LogP contribution in [0.4, 0.5) is 0 Å². The highest BCUT2D eigenvalue weighted by molar-refractivity contribution is 5.99. The normalized spacial score (nSPS) is 11.6. The predicted octanol–water partition coefficient (Wildman–Crippen LogP) is 1.65. The molecule has 2 amide bonds. The van der Waals surface area contributed by atoms with Crippen LogP contribution in [0.1, 0.15) is 11.1 Å². The second-order valence-corrected chi connectivity index (χ2v) is 4.85. The lowest BCUT2D eigenvalue weighted by Gasteiger charge is -2.14. The van der Waals surface area contributed by atoms with E-state index in [2.05, 4.69) is 5.32 Å². The Labute approximate surface area is 124 Å². The summed E-state index contributed by atoms with van der Waals surface area (Å²) in [6.07, 6.45) is 0.316. The zero-order valence-corrected chi connectivity index (χ0v) is 11.7. The molecule has 2 rings (SSSR count). The molecule has 0 fully saturated rings. The summed E-state index contributed by atoms with van der Waals surface area (Å²) in [5.74, 6) is -1.80. The molecule has 0 aliphatic rings. The average molecular weight is 282 g/mol. The van der Waals surface area contributed by atoms with Crippen LogP contribution in [-0.2, 0) is 22.6 Å². The van der Waals surface area contributed by atoms with Crippen LogP contribution < -0.4 is 11.1 Å². The minimum Gasteiger partial charge on any atom is -0.369 e. The molecule has 4 nitrogen and oxygen atoms in total. The highest BCUT2D eigenvalue weighted by Gasteiger charge is 2.24. The lowest BCUT2D eigenvalue weighted by molar-refractivity contribution is -0.133. The van der Waals surface area contributed by atoms with Crippen LogP contribution in [0.15, 0.2) is 60.7 Å². The van der Waals surface area contributed by atoms with Crippen molar-refractivity contribution in [1.82, 2.24) is 5.32 Å². The fourth-order valence-corrected chi connectivity index (χ4v) is 2.08. The Morgan fingerprint density at radius 3 is 1.95 bits per heavy atom. The molecule has 4 heteroatoms. The van der Waals surface area contributed by atoms with Crippen LogP contribution in [0.5, 0.6) is 0 Å². The number of benzene rings is 2. The lowest BCUT2D eigenvalue weighted by Crippen LogP contribution is -2.39. The first kappa shape index (κ1) is 14.8. The molecule has 2 aromatic carbocycles. The maximum atomic E-state index is 12.2. The molecule has 0 spiro atoms. The molecule has 2 aromatic rings. The van der Waals surface area contributed by atoms with Gasteiger partial charge in [0, 0.05) is 6.54 Å². The Morgan fingerprint density at radius 1 is 0.905 bits per heavy atom. The predicted molar refractivity (Wildman–Crippen MR) is 81.1 cm³/mol. The number of nitrogens with two attached hydrogens (primary N) is 1. The summed E-state index contributed by atoms with van der Waals surface area (Å²) >= 11 is 0. The minimum atomic E-state index is -0.851. The Balaban J connectivity index is 1.98. The van der Waals surface area contributed by atoms with Gasteiger partial charge in [-0.1, -0.05) is 60.7 Å². The van der Waals surface area contributed by atoms with Crippen molar-refractivity contribution in [1.29, 1.82) is 0 Å². The van der Waals surface area contributed by atoms with Crippen molar-refractivity contribution in [3.8, 4) is 0 Å². The van der Waals surface area contributed by atoms with Gasteiger partial charge in [-0.25, -0.2) is 0 Å². The van der Waals surface area contributed by atoms with Gasteiger partial charge in [-0.05, 0) is 17.5 Å². The molecule has 0 aliphatic heterocycles. The summed E-state index contributed by atoms with van der Waals surface area (Å²) in [6, 6.07) is 18.9. The van der Waals surface area contributed by atoms with E-state index in [4.69, 9.17) is 5.73 Å². The fraction of sp³-hybridized carbons (Fsp3) is 0.176. The number of hydrogen-bond acceptors (Lipinski definition) is 2. The van der Waals surface area contributed by atoms with Crippen molar-refractivity contribution >= 4 is 11.8 Å². The molecule has 21 heavy (non-hydrogen) atoms. The zero-order valence-electron chi connectivity index (χ0n) is 11.7. The number of rotatable bonds is 6. The van der Waals surface area contributed by atoms with Gasteiger partial charge in [0.05, 0.1) is 0 Å². The van der Waals surface area contributed by atoms with E-state index in [-0.39, 0.29) is 5.91 Å². The summed E-state index contributed by atoms with van der Waals surface area (Å²) in [7, 11) is 0. The SMILES string of the molecule is NC(=O)C(Cc1ccccc1)C(=O)NCc1ccccc1. The summed E-state index contributed by atoms with van der Waals surface area (Å²) in [5, 5.41) is 2.76. The molecule has 0 aromatic heterocycles.